The number of aryl methyl sites for hydroxylation is 2. The van der Waals surface area contributed by atoms with Crippen molar-refractivity contribution in [1.29, 1.82) is 0 Å². The number of nitrogens with one attached hydrogen (secondary N) is 2. The molecule has 3 fully saturated rings. The molecule has 2 N–H and O–H groups in total. The first-order valence-electron chi connectivity index (χ1n) is 16.3. The molecule has 11 nitrogen and oxygen atoms in total. The van der Waals surface area contributed by atoms with Gasteiger partial charge < -0.3 is 25.0 Å². The molecular weight excluding hydrogens is 607 g/mol. The molecular formula is C35H39FN4O7. The lowest BCUT2D eigenvalue weighted by atomic mass is 9.94. The predicted octanol–water partition coefficient (Wildman–Crippen LogP) is 4.70. The van der Waals surface area contributed by atoms with Crippen LogP contribution < -0.4 is 10.6 Å². The maximum Gasteiger partial charge on any atom is 0.418 e. The molecule has 248 valence electrons. The van der Waals surface area contributed by atoms with Gasteiger partial charge in [0.05, 0.1) is 0 Å². The lowest BCUT2D eigenvalue weighted by Crippen LogP contribution is -2.48. The van der Waals surface area contributed by atoms with Gasteiger partial charge in [-0.1, -0.05) is 12.1 Å². The summed E-state index contributed by atoms with van der Waals surface area (Å²) in [5.41, 5.74) is 0.226. The van der Waals surface area contributed by atoms with Crippen LogP contribution in [0.4, 0.5) is 19.7 Å². The van der Waals surface area contributed by atoms with E-state index in [4.69, 9.17) is 9.47 Å². The van der Waals surface area contributed by atoms with Gasteiger partial charge in [-0.2, -0.15) is 0 Å². The average Bonchev–Trinajstić information content (AvgIpc) is 3.92. The van der Waals surface area contributed by atoms with E-state index in [1.165, 1.54) is 12.1 Å². The van der Waals surface area contributed by atoms with Crippen molar-refractivity contribution in [3.8, 4) is 0 Å². The van der Waals surface area contributed by atoms with E-state index in [1.807, 2.05) is 0 Å². The molecule has 2 heterocycles. The van der Waals surface area contributed by atoms with Crippen molar-refractivity contribution in [2.45, 2.75) is 101 Å². The molecule has 3 aliphatic carbocycles. The van der Waals surface area contributed by atoms with Crippen LogP contribution in [-0.4, -0.2) is 63.4 Å². The number of carbonyl (C=O) groups is 5. The molecule has 0 aromatic heterocycles. The highest BCUT2D eigenvalue weighted by Crippen LogP contribution is 2.47. The molecule has 12 heteroatoms. The van der Waals surface area contributed by atoms with E-state index in [9.17, 15) is 28.4 Å². The zero-order valence-corrected chi connectivity index (χ0v) is 26.8. The van der Waals surface area contributed by atoms with E-state index in [1.54, 1.807) is 49.9 Å². The fourth-order valence-electron chi connectivity index (χ4n) is 7.23. The van der Waals surface area contributed by atoms with Gasteiger partial charge in [0.25, 0.3) is 5.91 Å². The third-order valence-corrected chi connectivity index (χ3v) is 9.94. The quantitative estimate of drug-likeness (QED) is 0.465. The van der Waals surface area contributed by atoms with Crippen LogP contribution in [-0.2, 0) is 48.8 Å². The Balaban J connectivity index is 1.04. The normalized spacial score (nSPS) is 24.3. The van der Waals surface area contributed by atoms with Crippen molar-refractivity contribution < 1.29 is 37.8 Å². The van der Waals surface area contributed by atoms with Crippen molar-refractivity contribution in [2.24, 2.45) is 5.92 Å². The van der Waals surface area contributed by atoms with Crippen LogP contribution >= 0.6 is 0 Å². The number of nitrogens with zero attached hydrogens (tertiary/aromatic N) is 2. The Kier molecular flexibility index (Phi) is 7.32. The summed E-state index contributed by atoms with van der Waals surface area (Å²) in [6, 6.07) is 9.64. The van der Waals surface area contributed by atoms with Crippen molar-refractivity contribution in [1.82, 2.24) is 15.1 Å². The number of hydrogen-bond donors (Lipinski definition) is 2. The molecule has 5 amide bonds. The summed E-state index contributed by atoms with van der Waals surface area (Å²) in [6.07, 6.45) is 3.44. The fourth-order valence-corrected chi connectivity index (χ4v) is 7.23. The number of amides is 5. The van der Waals surface area contributed by atoms with Crippen molar-refractivity contribution in [2.75, 3.05) is 11.9 Å². The molecule has 1 saturated heterocycles. The van der Waals surface area contributed by atoms with Crippen LogP contribution in [0, 0.1) is 11.7 Å². The second-order valence-electron chi connectivity index (χ2n) is 14.5. The SMILES string of the molecule is CC(C)(C)OC(=O)NC1(C(=O)Nc2ccc3c(c2)CC[C@]32OC(=O)N(CC(=O)N3Cc4ccc(F)cc4CC[C@H]3C3CC3)C2=O)CC1. The van der Waals surface area contributed by atoms with E-state index >= 15 is 0 Å². The summed E-state index contributed by atoms with van der Waals surface area (Å²) < 4.78 is 25.0. The minimum atomic E-state index is -1.54. The number of fused-ring (bicyclic) bond motifs is 3. The summed E-state index contributed by atoms with van der Waals surface area (Å²) in [4.78, 5) is 69.0. The molecule has 47 heavy (non-hydrogen) atoms. The van der Waals surface area contributed by atoms with Crippen LogP contribution in [0.2, 0.25) is 0 Å². The van der Waals surface area contributed by atoms with Gasteiger partial charge in [0.15, 0.2) is 0 Å². The molecule has 0 radical (unpaired) electrons. The maximum atomic E-state index is 14.0. The Bertz CT molecular complexity index is 1690. The molecule has 5 aliphatic rings. The van der Waals surface area contributed by atoms with E-state index in [2.05, 4.69) is 10.6 Å². The molecule has 7 rings (SSSR count). The van der Waals surface area contributed by atoms with Crippen LogP contribution in [0.3, 0.4) is 0 Å². The van der Waals surface area contributed by atoms with Crippen LogP contribution in [0.15, 0.2) is 36.4 Å². The Hall–Kier alpha value is -4.48. The second kappa shape index (κ2) is 11.1. The first kappa shape index (κ1) is 31.1. The molecule has 2 saturated carbocycles. The first-order chi connectivity index (χ1) is 22.3. The van der Waals surface area contributed by atoms with E-state index in [0.717, 1.165) is 34.4 Å². The maximum absolute atomic E-state index is 14.0. The summed E-state index contributed by atoms with van der Waals surface area (Å²) in [7, 11) is 0. The van der Waals surface area contributed by atoms with Crippen molar-refractivity contribution in [3.05, 3.63) is 64.5 Å². The molecule has 1 spiro atoms. The van der Waals surface area contributed by atoms with Gasteiger partial charge in [-0.05, 0) is 113 Å². The Morgan fingerprint density at radius 2 is 1.74 bits per heavy atom. The summed E-state index contributed by atoms with van der Waals surface area (Å²) in [6.45, 7) is 5.10. The van der Waals surface area contributed by atoms with Crippen molar-refractivity contribution in [3.63, 3.8) is 0 Å². The first-order valence-corrected chi connectivity index (χ1v) is 16.3. The van der Waals surface area contributed by atoms with Crippen LogP contribution in [0.5, 0.6) is 0 Å². The third-order valence-electron chi connectivity index (χ3n) is 9.94. The molecule has 2 aromatic rings. The van der Waals surface area contributed by atoms with Gasteiger partial charge in [0.1, 0.15) is 23.5 Å². The number of halogens is 1. The average molecular weight is 647 g/mol. The topological polar surface area (TPSA) is 134 Å². The summed E-state index contributed by atoms with van der Waals surface area (Å²) in [5, 5.41) is 5.55. The molecule has 2 aliphatic heterocycles. The summed E-state index contributed by atoms with van der Waals surface area (Å²) >= 11 is 0. The largest absolute Gasteiger partial charge is 0.444 e. The van der Waals surface area contributed by atoms with Crippen LogP contribution in [0.1, 0.15) is 81.5 Å². The third kappa shape index (κ3) is 5.82. The van der Waals surface area contributed by atoms with E-state index in [-0.39, 0.29) is 30.1 Å². The van der Waals surface area contributed by atoms with E-state index < -0.39 is 41.4 Å². The predicted molar refractivity (Wildman–Crippen MR) is 166 cm³/mol. The van der Waals surface area contributed by atoms with Gasteiger partial charge in [-0.25, -0.2) is 18.9 Å². The highest BCUT2D eigenvalue weighted by molar-refractivity contribution is 6.07. The van der Waals surface area contributed by atoms with Gasteiger partial charge in [-0.15, -0.1) is 0 Å². The standard InChI is InChI=1S/C35H39FN4O7/c1-33(2,3)46-31(44)38-34(14-15-34)29(42)37-25-9-10-26-22(17-25)12-13-35(26)30(43)40(32(45)47-35)19-28(41)39-18-23-6-8-24(36)16-21(23)7-11-27(39)20-4-5-20/h6,8-10,16-17,20,27H,4-5,7,11-15,18-19H2,1-3H3,(H,37,42)(H,38,44)/t27-,35-/m0/s1. The lowest BCUT2D eigenvalue weighted by Gasteiger charge is -2.31. The summed E-state index contributed by atoms with van der Waals surface area (Å²) in [5.74, 6) is -1.24. The number of ether oxygens (including phenoxy) is 2. The zero-order valence-electron chi connectivity index (χ0n) is 26.8. The second-order valence-corrected chi connectivity index (χ2v) is 14.5. The Labute approximate surface area is 272 Å². The number of benzene rings is 2. The molecule has 2 atom stereocenters. The van der Waals surface area contributed by atoms with Crippen LogP contribution in [0.25, 0.3) is 0 Å². The van der Waals surface area contributed by atoms with Gasteiger partial charge in [0.2, 0.25) is 17.4 Å². The highest BCUT2D eigenvalue weighted by atomic mass is 19.1. The number of carbonyl (C=O) groups excluding carboxylic acids is 5. The lowest BCUT2D eigenvalue weighted by molar-refractivity contribution is -0.143. The number of anilines is 1. The monoisotopic (exact) mass is 646 g/mol. The Morgan fingerprint density at radius 1 is 0.979 bits per heavy atom. The zero-order chi connectivity index (χ0) is 33.3. The number of rotatable bonds is 6. The minimum absolute atomic E-state index is 0.0457. The molecule has 2 aromatic carbocycles. The smallest absolute Gasteiger partial charge is 0.418 e. The number of hydrogen-bond acceptors (Lipinski definition) is 7. The molecule has 0 unspecified atom stereocenters. The van der Waals surface area contributed by atoms with Gasteiger partial charge >= 0.3 is 12.2 Å². The molecule has 0 bridgehead atoms. The van der Waals surface area contributed by atoms with Crippen molar-refractivity contribution >= 4 is 35.6 Å². The van der Waals surface area contributed by atoms with Gasteiger partial charge in [0, 0.05) is 30.3 Å². The minimum Gasteiger partial charge on any atom is -0.444 e. The highest BCUT2D eigenvalue weighted by Gasteiger charge is 2.59. The Morgan fingerprint density at radius 3 is 2.45 bits per heavy atom. The van der Waals surface area contributed by atoms with Gasteiger partial charge in [-0.3, -0.25) is 14.4 Å². The van der Waals surface area contributed by atoms with E-state index in [0.29, 0.717) is 55.8 Å². The fraction of sp³-hybridized carbons (Fsp3) is 0.514. The number of alkyl carbamates (subject to hydrolysis) is 1. The number of imide groups is 1.